The van der Waals surface area contributed by atoms with Crippen LogP contribution >= 0.6 is 0 Å². The first-order valence-electron chi connectivity index (χ1n) is 8.69. The fourth-order valence-corrected chi connectivity index (χ4v) is 3.27. The molecule has 130 valence electrons. The van der Waals surface area contributed by atoms with E-state index < -0.39 is 6.10 Å². The summed E-state index contributed by atoms with van der Waals surface area (Å²) in [5, 5.41) is 0. The van der Waals surface area contributed by atoms with Crippen LogP contribution in [-0.2, 0) is 14.3 Å². The van der Waals surface area contributed by atoms with Crippen LogP contribution in [0.15, 0.2) is 60.7 Å². The molecule has 0 saturated carbocycles. The Kier molecular flexibility index (Phi) is 5.49. The van der Waals surface area contributed by atoms with Crippen molar-refractivity contribution in [3.05, 3.63) is 71.8 Å². The number of hydrogen-bond acceptors (Lipinski definition) is 3. The Morgan fingerprint density at radius 2 is 1.64 bits per heavy atom. The molecule has 1 amide bonds. The number of carbonyl (C=O) groups is 2. The smallest absolute Gasteiger partial charge is 0.306 e. The van der Waals surface area contributed by atoms with Gasteiger partial charge in [0.05, 0.1) is 0 Å². The first-order chi connectivity index (χ1) is 12.1. The van der Waals surface area contributed by atoms with E-state index in [1.807, 2.05) is 36.4 Å². The van der Waals surface area contributed by atoms with Crippen LogP contribution in [-0.4, -0.2) is 36.5 Å². The molecule has 4 nitrogen and oxygen atoms in total. The number of esters is 1. The van der Waals surface area contributed by atoms with E-state index in [4.69, 9.17) is 4.74 Å². The molecule has 0 radical (unpaired) electrons. The molecule has 1 aliphatic heterocycles. The summed E-state index contributed by atoms with van der Waals surface area (Å²) >= 11 is 0. The number of nitrogens with zero attached hydrogens (tertiary/aromatic N) is 1. The van der Waals surface area contributed by atoms with Crippen molar-refractivity contribution in [1.29, 1.82) is 0 Å². The Balaban J connectivity index is 1.68. The Morgan fingerprint density at radius 1 is 1.08 bits per heavy atom. The van der Waals surface area contributed by atoms with E-state index in [1.165, 1.54) is 11.1 Å². The molecule has 1 saturated heterocycles. The van der Waals surface area contributed by atoms with Crippen molar-refractivity contribution in [2.75, 3.05) is 13.6 Å². The molecular formula is C21H23NO3. The quantitative estimate of drug-likeness (QED) is 0.759. The van der Waals surface area contributed by atoms with Crippen LogP contribution in [0.1, 0.15) is 36.3 Å². The average molecular weight is 337 g/mol. The van der Waals surface area contributed by atoms with Crippen molar-refractivity contribution in [3.8, 4) is 0 Å². The van der Waals surface area contributed by atoms with Gasteiger partial charge in [-0.25, -0.2) is 0 Å². The van der Waals surface area contributed by atoms with Crippen LogP contribution in [0, 0.1) is 0 Å². The van der Waals surface area contributed by atoms with Crippen LogP contribution in [0.2, 0.25) is 0 Å². The zero-order valence-electron chi connectivity index (χ0n) is 14.4. The predicted molar refractivity (Wildman–Crippen MR) is 96.1 cm³/mol. The van der Waals surface area contributed by atoms with Gasteiger partial charge in [-0.05, 0) is 17.5 Å². The standard InChI is InChI=1S/C21H23NO3/c1-22(21(24)19-12-13-20(23)25-19)15-14-18(16-8-4-2-5-9-16)17-10-6-3-7-11-17/h2-11,18-19H,12-15H2,1H3/t19-/m1/s1. The number of rotatable bonds is 6. The lowest BCUT2D eigenvalue weighted by molar-refractivity contribution is -0.152. The maximum Gasteiger partial charge on any atom is 0.306 e. The average Bonchev–Trinajstić information content (AvgIpc) is 3.09. The van der Waals surface area contributed by atoms with Crippen molar-refractivity contribution < 1.29 is 14.3 Å². The molecule has 0 bridgehead atoms. The molecule has 1 fully saturated rings. The molecule has 1 atom stereocenters. The normalized spacial score (nSPS) is 16.7. The van der Waals surface area contributed by atoms with E-state index in [9.17, 15) is 9.59 Å². The van der Waals surface area contributed by atoms with Crippen molar-refractivity contribution in [2.24, 2.45) is 0 Å². The summed E-state index contributed by atoms with van der Waals surface area (Å²) in [6.07, 6.45) is 1.03. The molecule has 0 aliphatic carbocycles. The highest BCUT2D eigenvalue weighted by Crippen LogP contribution is 2.28. The summed E-state index contributed by atoms with van der Waals surface area (Å²) in [7, 11) is 1.78. The Morgan fingerprint density at radius 3 is 2.12 bits per heavy atom. The molecule has 4 heteroatoms. The first kappa shape index (κ1) is 17.2. The Labute approximate surface area is 148 Å². The fraction of sp³-hybridized carbons (Fsp3) is 0.333. The number of carbonyl (C=O) groups excluding carboxylic acids is 2. The molecule has 3 rings (SSSR count). The van der Waals surface area contributed by atoms with Crippen molar-refractivity contribution >= 4 is 11.9 Å². The third-order valence-corrected chi connectivity index (χ3v) is 4.69. The number of ether oxygens (including phenoxy) is 1. The van der Waals surface area contributed by atoms with E-state index in [1.54, 1.807) is 11.9 Å². The van der Waals surface area contributed by atoms with Gasteiger partial charge in [-0.15, -0.1) is 0 Å². The van der Waals surface area contributed by atoms with E-state index in [2.05, 4.69) is 24.3 Å². The van der Waals surface area contributed by atoms with Crippen LogP contribution in [0.25, 0.3) is 0 Å². The van der Waals surface area contributed by atoms with Gasteiger partial charge in [0.2, 0.25) is 0 Å². The molecule has 0 spiro atoms. The van der Waals surface area contributed by atoms with E-state index >= 15 is 0 Å². The van der Waals surface area contributed by atoms with Crippen LogP contribution in [0.5, 0.6) is 0 Å². The maximum absolute atomic E-state index is 12.4. The Hall–Kier alpha value is -2.62. The van der Waals surface area contributed by atoms with Gasteiger partial charge < -0.3 is 9.64 Å². The van der Waals surface area contributed by atoms with Gasteiger partial charge in [-0.1, -0.05) is 60.7 Å². The molecule has 0 N–H and O–H groups in total. The van der Waals surface area contributed by atoms with Gasteiger partial charge in [0, 0.05) is 32.4 Å². The molecule has 1 aliphatic rings. The molecule has 0 aromatic heterocycles. The van der Waals surface area contributed by atoms with Gasteiger partial charge >= 0.3 is 5.97 Å². The highest BCUT2D eigenvalue weighted by molar-refractivity contribution is 5.86. The molecule has 0 unspecified atom stereocenters. The predicted octanol–water partition coefficient (Wildman–Crippen LogP) is 3.37. The van der Waals surface area contributed by atoms with Crippen LogP contribution in [0.4, 0.5) is 0 Å². The van der Waals surface area contributed by atoms with Crippen molar-refractivity contribution in [1.82, 2.24) is 4.90 Å². The van der Waals surface area contributed by atoms with Gasteiger partial charge in [0.25, 0.3) is 5.91 Å². The summed E-state index contributed by atoms with van der Waals surface area (Å²) in [6.45, 7) is 0.612. The summed E-state index contributed by atoms with van der Waals surface area (Å²) in [6, 6.07) is 20.7. The lowest BCUT2D eigenvalue weighted by atomic mass is 9.88. The van der Waals surface area contributed by atoms with Gasteiger partial charge in [0.1, 0.15) is 0 Å². The first-order valence-corrected chi connectivity index (χ1v) is 8.69. The van der Waals surface area contributed by atoms with Crippen LogP contribution < -0.4 is 0 Å². The second kappa shape index (κ2) is 7.97. The highest BCUT2D eigenvalue weighted by atomic mass is 16.6. The zero-order chi connectivity index (χ0) is 17.6. The summed E-state index contributed by atoms with van der Waals surface area (Å²) in [5.41, 5.74) is 2.48. The van der Waals surface area contributed by atoms with E-state index in [0.717, 1.165) is 6.42 Å². The largest absolute Gasteiger partial charge is 0.452 e. The summed E-state index contributed by atoms with van der Waals surface area (Å²) < 4.78 is 5.09. The minimum atomic E-state index is -0.607. The third-order valence-electron chi connectivity index (χ3n) is 4.69. The molecule has 2 aromatic rings. The zero-order valence-corrected chi connectivity index (χ0v) is 14.4. The number of amides is 1. The molecule has 1 heterocycles. The number of cyclic esters (lactones) is 1. The lowest BCUT2D eigenvalue weighted by Crippen LogP contribution is -2.37. The molecular weight excluding hydrogens is 314 g/mol. The third kappa shape index (κ3) is 4.27. The molecule has 25 heavy (non-hydrogen) atoms. The monoisotopic (exact) mass is 337 g/mol. The fourth-order valence-electron chi connectivity index (χ4n) is 3.27. The number of hydrogen-bond donors (Lipinski definition) is 0. The lowest BCUT2D eigenvalue weighted by Gasteiger charge is -2.24. The van der Waals surface area contributed by atoms with Gasteiger partial charge in [-0.2, -0.15) is 0 Å². The van der Waals surface area contributed by atoms with Gasteiger partial charge in [0.15, 0.2) is 6.10 Å². The minimum absolute atomic E-state index is 0.106. The van der Waals surface area contributed by atoms with Gasteiger partial charge in [-0.3, -0.25) is 9.59 Å². The maximum atomic E-state index is 12.4. The van der Waals surface area contributed by atoms with Crippen molar-refractivity contribution in [2.45, 2.75) is 31.3 Å². The SMILES string of the molecule is CN(CCC(c1ccccc1)c1ccccc1)C(=O)[C@H]1CCC(=O)O1. The second-order valence-corrected chi connectivity index (χ2v) is 6.44. The number of likely N-dealkylation sites (N-methyl/N-ethyl adjacent to an activating group) is 1. The second-order valence-electron chi connectivity index (χ2n) is 6.44. The van der Waals surface area contributed by atoms with E-state index in [0.29, 0.717) is 19.4 Å². The topological polar surface area (TPSA) is 46.6 Å². The minimum Gasteiger partial charge on any atom is -0.452 e. The summed E-state index contributed by atoms with van der Waals surface area (Å²) in [4.78, 5) is 25.3. The number of benzene rings is 2. The highest BCUT2D eigenvalue weighted by Gasteiger charge is 2.32. The van der Waals surface area contributed by atoms with Crippen molar-refractivity contribution in [3.63, 3.8) is 0 Å². The van der Waals surface area contributed by atoms with Crippen LogP contribution in [0.3, 0.4) is 0 Å². The van der Waals surface area contributed by atoms with E-state index in [-0.39, 0.29) is 17.8 Å². The Bertz CT molecular complexity index is 675. The summed E-state index contributed by atoms with van der Waals surface area (Å²) in [5.74, 6) is -0.160. The molecule has 2 aromatic carbocycles.